The van der Waals surface area contributed by atoms with Gasteiger partial charge in [0.15, 0.2) is 6.10 Å². The summed E-state index contributed by atoms with van der Waals surface area (Å²) >= 11 is 0. The fourth-order valence-electron chi connectivity index (χ4n) is 10.5. The lowest BCUT2D eigenvalue weighted by molar-refractivity contribution is -0.167. The summed E-state index contributed by atoms with van der Waals surface area (Å²) in [7, 11) is 0. The molecule has 0 spiro atoms. The Morgan fingerprint density at radius 3 is 0.707 bits per heavy atom. The molecule has 0 aliphatic rings. The number of hydrogen-bond acceptors (Lipinski definition) is 6. The Labute approximate surface area is 510 Å². The molecule has 6 nitrogen and oxygen atoms in total. The van der Waals surface area contributed by atoms with E-state index in [1.54, 1.807) is 0 Å². The largest absolute Gasteiger partial charge is 0.462 e. The molecule has 0 aromatic rings. The van der Waals surface area contributed by atoms with Crippen molar-refractivity contribution in [3.63, 3.8) is 0 Å². The molecule has 0 saturated carbocycles. The highest BCUT2D eigenvalue weighted by molar-refractivity contribution is 5.71. The predicted molar refractivity (Wildman–Crippen MR) is 358 cm³/mol. The molecule has 0 rings (SSSR count). The lowest BCUT2D eigenvalue weighted by atomic mass is 10.0. The summed E-state index contributed by atoms with van der Waals surface area (Å²) in [5.41, 5.74) is 0. The zero-order valence-corrected chi connectivity index (χ0v) is 54.8. The van der Waals surface area contributed by atoms with E-state index in [0.29, 0.717) is 19.3 Å². The Hall–Kier alpha value is -3.15. The number of rotatable bonds is 66. The zero-order valence-electron chi connectivity index (χ0n) is 54.8. The molecular formula is C76H136O6. The summed E-state index contributed by atoms with van der Waals surface area (Å²) in [5.74, 6) is -0.881. The number of allylic oxidation sites excluding steroid dienone is 12. The van der Waals surface area contributed by atoms with Gasteiger partial charge in [-0.25, -0.2) is 0 Å². The Bertz CT molecular complexity index is 1500. The predicted octanol–water partition coefficient (Wildman–Crippen LogP) is 24.8. The van der Waals surface area contributed by atoms with Crippen molar-refractivity contribution in [1.29, 1.82) is 0 Å². The quantitative estimate of drug-likeness (QED) is 0.0261. The first kappa shape index (κ1) is 78.8. The summed E-state index contributed by atoms with van der Waals surface area (Å²) in [6.07, 6.45) is 92.1. The fourth-order valence-corrected chi connectivity index (χ4v) is 10.5. The highest BCUT2D eigenvalue weighted by atomic mass is 16.6. The van der Waals surface area contributed by atoms with Gasteiger partial charge in [-0.3, -0.25) is 14.4 Å². The monoisotopic (exact) mass is 1150 g/mol. The molecule has 0 aromatic heterocycles. The van der Waals surface area contributed by atoms with Gasteiger partial charge in [-0.2, -0.15) is 0 Å². The molecule has 0 amide bonds. The minimum Gasteiger partial charge on any atom is -0.462 e. The van der Waals surface area contributed by atoms with Gasteiger partial charge in [-0.15, -0.1) is 0 Å². The van der Waals surface area contributed by atoms with Crippen molar-refractivity contribution in [2.24, 2.45) is 0 Å². The summed E-state index contributed by atoms with van der Waals surface area (Å²) in [6.45, 7) is 6.65. The molecule has 0 saturated heterocycles. The van der Waals surface area contributed by atoms with E-state index in [0.717, 1.165) is 96.3 Å². The standard InChI is InChI=1S/C76H136O6/c1-4-7-10-13-16-19-22-25-28-31-34-36-37-38-39-41-42-45-48-51-54-57-60-63-66-69-75(78)81-72-73(71-80-74(77)68-65-62-59-56-53-50-47-44-33-30-27-24-21-18-15-12-9-6-3)82-76(79)70-67-64-61-58-55-52-49-46-43-40-35-32-29-26-23-20-17-14-11-8-5-2/h21,23-24,26,30-35,43,46,73H,4-20,22,25,27-29,36-42,44-45,47-72H2,1-3H3/b24-21-,26-23-,33-30-,34-31-,35-32-,46-43-. The first-order valence-corrected chi connectivity index (χ1v) is 35.9. The third-order valence-corrected chi connectivity index (χ3v) is 15.9. The maximum Gasteiger partial charge on any atom is 0.306 e. The topological polar surface area (TPSA) is 78.9 Å². The first-order valence-electron chi connectivity index (χ1n) is 35.9. The minimum atomic E-state index is -0.788. The first-order chi connectivity index (χ1) is 40.5. The van der Waals surface area contributed by atoms with Crippen molar-refractivity contribution >= 4 is 17.9 Å². The molecule has 0 bridgehead atoms. The molecule has 476 valence electrons. The number of carbonyl (C=O) groups excluding carboxylic acids is 3. The Balaban J connectivity index is 4.36. The molecule has 0 fully saturated rings. The van der Waals surface area contributed by atoms with Crippen LogP contribution in [0.25, 0.3) is 0 Å². The molecule has 0 aliphatic carbocycles. The average Bonchev–Trinajstić information content (AvgIpc) is 3.47. The van der Waals surface area contributed by atoms with E-state index < -0.39 is 6.10 Å². The second kappa shape index (κ2) is 70.3. The highest BCUT2D eigenvalue weighted by Crippen LogP contribution is 2.17. The number of hydrogen-bond donors (Lipinski definition) is 0. The van der Waals surface area contributed by atoms with Crippen molar-refractivity contribution in [3.8, 4) is 0 Å². The van der Waals surface area contributed by atoms with E-state index in [9.17, 15) is 14.4 Å². The Kier molecular flexibility index (Phi) is 67.6. The molecule has 0 radical (unpaired) electrons. The summed E-state index contributed by atoms with van der Waals surface area (Å²) in [6, 6.07) is 0. The van der Waals surface area contributed by atoms with Crippen molar-refractivity contribution in [3.05, 3.63) is 72.9 Å². The molecule has 6 heteroatoms. The maximum absolute atomic E-state index is 13.0. The molecule has 82 heavy (non-hydrogen) atoms. The van der Waals surface area contributed by atoms with Crippen molar-refractivity contribution in [2.45, 2.75) is 380 Å². The lowest BCUT2D eigenvalue weighted by Gasteiger charge is -2.18. The normalized spacial score (nSPS) is 12.5. The van der Waals surface area contributed by atoms with Crippen LogP contribution in [0.1, 0.15) is 374 Å². The number of esters is 3. The van der Waals surface area contributed by atoms with E-state index in [-0.39, 0.29) is 31.1 Å². The van der Waals surface area contributed by atoms with Crippen LogP contribution in [-0.4, -0.2) is 37.2 Å². The number of unbranched alkanes of at least 4 members (excludes halogenated alkanes) is 43. The zero-order chi connectivity index (χ0) is 59.2. The third-order valence-electron chi connectivity index (χ3n) is 15.9. The Morgan fingerprint density at radius 1 is 0.244 bits per heavy atom. The van der Waals surface area contributed by atoms with Crippen LogP contribution in [0.3, 0.4) is 0 Å². The third kappa shape index (κ3) is 67.6. The van der Waals surface area contributed by atoms with Crippen LogP contribution in [0.2, 0.25) is 0 Å². The minimum absolute atomic E-state index is 0.0813. The molecule has 0 aliphatic heterocycles. The van der Waals surface area contributed by atoms with Gasteiger partial charge >= 0.3 is 17.9 Å². The van der Waals surface area contributed by atoms with Gasteiger partial charge in [0.2, 0.25) is 0 Å². The number of carbonyl (C=O) groups is 3. The number of ether oxygens (including phenoxy) is 3. The highest BCUT2D eigenvalue weighted by Gasteiger charge is 2.19. The second-order valence-corrected chi connectivity index (χ2v) is 24.1. The van der Waals surface area contributed by atoms with Crippen LogP contribution in [0, 0.1) is 0 Å². The van der Waals surface area contributed by atoms with E-state index in [2.05, 4.69) is 93.7 Å². The summed E-state index contributed by atoms with van der Waals surface area (Å²) < 4.78 is 17.0. The maximum atomic E-state index is 13.0. The summed E-state index contributed by atoms with van der Waals surface area (Å²) in [5, 5.41) is 0. The molecule has 0 N–H and O–H groups in total. The van der Waals surface area contributed by atoms with Crippen LogP contribution in [0.5, 0.6) is 0 Å². The van der Waals surface area contributed by atoms with Crippen LogP contribution >= 0.6 is 0 Å². The van der Waals surface area contributed by atoms with Crippen LogP contribution in [0.4, 0.5) is 0 Å². The van der Waals surface area contributed by atoms with Gasteiger partial charge in [-0.05, 0) is 116 Å². The van der Waals surface area contributed by atoms with Crippen molar-refractivity contribution in [1.82, 2.24) is 0 Å². The van der Waals surface area contributed by atoms with Crippen LogP contribution in [-0.2, 0) is 28.6 Å². The van der Waals surface area contributed by atoms with E-state index >= 15 is 0 Å². The van der Waals surface area contributed by atoms with Gasteiger partial charge in [0.25, 0.3) is 0 Å². The van der Waals surface area contributed by atoms with Gasteiger partial charge in [0.1, 0.15) is 13.2 Å². The van der Waals surface area contributed by atoms with Gasteiger partial charge in [0.05, 0.1) is 0 Å². The van der Waals surface area contributed by atoms with Crippen LogP contribution in [0.15, 0.2) is 72.9 Å². The SMILES string of the molecule is CCCCCC/C=C\C/C=C\CCCCCCCCCC(=O)OCC(COC(=O)CCCCCCCCCCCCCCC/C=C\CCCCCCCCCC)OC(=O)CCCCCCCC/C=C\C/C=C\C/C=C\CCCCCCC. The molecule has 1 unspecified atom stereocenters. The Morgan fingerprint density at radius 2 is 0.439 bits per heavy atom. The smallest absolute Gasteiger partial charge is 0.306 e. The second-order valence-electron chi connectivity index (χ2n) is 24.1. The fraction of sp³-hybridized carbons (Fsp3) is 0.803. The summed E-state index contributed by atoms with van der Waals surface area (Å²) in [4.78, 5) is 38.5. The van der Waals surface area contributed by atoms with E-state index in [1.807, 2.05) is 0 Å². The van der Waals surface area contributed by atoms with Crippen molar-refractivity contribution < 1.29 is 28.6 Å². The molecule has 0 heterocycles. The van der Waals surface area contributed by atoms with E-state index in [1.165, 1.54) is 238 Å². The molecule has 0 aromatic carbocycles. The van der Waals surface area contributed by atoms with Crippen molar-refractivity contribution in [2.75, 3.05) is 13.2 Å². The van der Waals surface area contributed by atoms with Gasteiger partial charge in [-0.1, -0.05) is 312 Å². The molecular weight excluding hydrogens is 1010 g/mol. The molecule has 1 atom stereocenters. The van der Waals surface area contributed by atoms with Gasteiger partial charge in [0, 0.05) is 19.3 Å². The van der Waals surface area contributed by atoms with Gasteiger partial charge < -0.3 is 14.2 Å². The lowest BCUT2D eigenvalue weighted by Crippen LogP contribution is -2.30. The van der Waals surface area contributed by atoms with E-state index in [4.69, 9.17) is 14.2 Å². The van der Waals surface area contributed by atoms with Crippen LogP contribution < -0.4 is 0 Å². The average molecular weight is 1150 g/mol.